The molecule has 1 aromatic heterocycles. The summed E-state index contributed by atoms with van der Waals surface area (Å²) in [4.78, 5) is 12.3. The van der Waals surface area contributed by atoms with Crippen molar-refractivity contribution in [3.05, 3.63) is 17.0 Å². The second kappa shape index (κ2) is 7.26. The van der Waals surface area contributed by atoms with Crippen LogP contribution in [0.25, 0.3) is 0 Å². The maximum atomic E-state index is 12.3. The predicted octanol–water partition coefficient (Wildman–Crippen LogP) is 2.60. The average molecular weight is 331 g/mol. The van der Waals surface area contributed by atoms with E-state index in [0.29, 0.717) is 13.2 Å². The first-order valence-corrected chi connectivity index (χ1v) is 9.74. The molecule has 2 aliphatic carbocycles. The van der Waals surface area contributed by atoms with Gasteiger partial charge in [0.1, 0.15) is 0 Å². The van der Waals surface area contributed by atoms with Gasteiger partial charge < -0.3 is 10.1 Å². The number of amides is 1. The van der Waals surface area contributed by atoms with Gasteiger partial charge in [-0.15, -0.1) is 0 Å². The molecule has 2 fully saturated rings. The summed E-state index contributed by atoms with van der Waals surface area (Å²) in [6, 6.07) is 0. The Labute approximate surface area is 144 Å². The molecule has 1 aromatic rings. The Morgan fingerprint density at radius 3 is 2.83 bits per heavy atom. The monoisotopic (exact) mass is 331 g/mol. The summed E-state index contributed by atoms with van der Waals surface area (Å²) in [5.41, 5.74) is 3.80. The van der Waals surface area contributed by atoms with E-state index in [9.17, 15) is 4.79 Å². The van der Waals surface area contributed by atoms with Crippen molar-refractivity contribution in [2.45, 2.75) is 70.9 Å². The first-order valence-electron chi connectivity index (χ1n) is 9.74. The number of aromatic nitrogens is 2. The summed E-state index contributed by atoms with van der Waals surface area (Å²) in [6.07, 6.45) is 10.3. The van der Waals surface area contributed by atoms with Crippen molar-refractivity contribution < 1.29 is 9.53 Å². The number of hydrogen-bond donors (Lipinski definition) is 1. The van der Waals surface area contributed by atoms with Gasteiger partial charge in [0.15, 0.2) is 0 Å². The van der Waals surface area contributed by atoms with E-state index in [2.05, 4.69) is 10.00 Å². The Morgan fingerprint density at radius 2 is 2.04 bits per heavy atom. The lowest BCUT2D eigenvalue weighted by atomic mass is 9.88. The molecule has 5 nitrogen and oxygen atoms in total. The maximum absolute atomic E-state index is 12.3. The van der Waals surface area contributed by atoms with Crippen molar-refractivity contribution in [3.63, 3.8) is 0 Å². The third-order valence-corrected chi connectivity index (χ3v) is 5.74. The molecule has 1 amide bonds. The van der Waals surface area contributed by atoms with Crippen molar-refractivity contribution in [1.82, 2.24) is 15.1 Å². The molecule has 0 saturated heterocycles. The minimum Gasteiger partial charge on any atom is -0.376 e. The van der Waals surface area contributed by atoms with Gasteiger partial charge in [0.2, 0.25) is 5.91 Å². The zero-order chi connectivity index (χ0) is 16.4. The maximum Gasteiger partial charge on any atom is 0.223 e. The quantitative estimate of drug-likeness (QED) is 0.872. The standard InChI is InChI=1S/C19H29N3O2/c23-19(15-4-2-1-3-5-15)20-10-8-17-16-13-24-11-9-18(16)22(21-17)12-14-6-7-14/h14-15H,1-13H2,(H,20,23). The van der Waals surface area contributed by atoms with E-state index in [1.165, 1.54) is 43.4 Å². The lowest BCUT2D eigenvalue weighted by Crippen LogP contribution is -2.33. The third-order valence-electron chi connectivity index (χ3n) is 5.74. The highest BCUT2D eigenvalue weighted by atomic mass is 16.5. The van der Waals surface area contributed by atoms with Crippen molar-refractivity contribution in [1.29, 1.82) is 0 Å². The zero-order valence-corrected chi connectivity index (χ0v) is 14.6. The molecule has 2 heterocycles. The smallest absolute Gasteiger partial charge is 0.223 e. The molecule has 0 aromatic carbocycles. The molecule has 1 aliphatic heterocycles. The zero-order valence-electron chi connectivity index (χ0n) is 14.6. The van der Waals surface area contributed by atoms with Gasteiger partial charge in [0, 0.05) is 43.1 Å². The number of nitrogens with zero attached hydrogens (tertiary/aromatic N) is 2. The number of ether oxygens (including phenoxy) is 1. The lowest BCUT2D eigenvalue weighted by molar-refractivity contribution is -0.125. The molecule has 2 saturated carbocycles. The SMILES string of the molecule is O=C(NCCc1nn(CC2CC2)c2c1COCC2)C1CCCCC1. The van der Waals surface area contributed by atoms with E-state index < -0.39 is 0 Å². The Balaban J connectivity index is 1.35. The minimum absolute atomic E-state index is 0.239. The fourth-order valence-corrected chi connectivity index (χ4v) is 4.09. The normalized spacial score (nSPS) is 21.5. The lowest BCUT2D eigenvalue weighted by Gasteiger charge is -2.20. The number of nitrogens with one attached hydrogen (secondary N) is 1. The fraction of sp³-hybridized carbons (Fsp3) is 0.789. The Kier molecular flexibility index (Phi) is 4.88. The van der Waals surface area contributed by atoms with Crippen molar-refractivity contribution in [2.24, 2.45) is 11.8 Å². The van der Waals surface area contributed by atoms with Crippen LogP contribution in [-0.2, 0) is 35.5 Å². The molecule has 5 heteroatoms. The highest BCUT2D eigenvalue weighted by molar-refractivity contribution is 5.78. The molecule has 4 rings (SSSR count). The third kappa shape index (κ3) is 3.66. The molecular formula is C19H29N3O2. The molecular weight excluding hydrogens is 302 g/mol. The van der Waals surface area contributed by atoms with Gasteiger partial charge in [-0.2, -0.15) is 5.10 Å². The fourth-order valence-electron chi connectivity index (χ4n) is 4.09. The van der Waals surface area contributed by atoms with Crippen LogP contribution < -0.4 is 5.32 Å². The summed E-state index contributed by atoms with van der Waals surface area (Å²) < 4.78 is 7.88. The van der Waals surface area contributed by atoms with Gasteiger partial charge in [-0.1, -0.05) is 19.3 Å². The second-order valence-corrected chi connectivity index (χ2v) is 7.68. The van der Waals surface area contributed by atoms with E-state index in [0.717, 1.165) is 50.4 Å². The van der Waals surface area contributed by atoms with Crippen molar-refractivity contribution >= 4 is 5.91 Å². The summed E-state index contributed by atoms with van der Waals surface area (Å²) in [6.45, 7) is 3.26. The summed E-state index contributed by atoms with van der Waals surface area (Å²) in [7, 11) is 0. The number of carbonyl (C=O) groups excluding carboxylic acids is 1. The van der Waals surface area contributed by atoms with Crippen LogP contribution in [0.2, 0.25) is 0 Å². The minimum atomic E-state index is 0.239. The van der Waals surface area contributed by atoms with Crippen LogP contribution in [0.5, 0.6) is 0 Å². The molecule has 3 aliphatic rings. The molecule has 0 atom stereocenters. The molecule has 1 N–H and O–H groups in total. The van der Waals surface area contributed by atoms with Gasteiger partial charge in [0.05, 0.1) is 18.9 Å². The Hall–Kier alpha value is -1.36. The first-order chi connectivity index (χ1) is 11.8. The molecule has 0 bridgehead atoms. The largest absolute Gasteiger partial charge is 0.376 e. The number of fused-ring (bicyclic) bond motifs is 1. The van der Waals surface area contributed by atoms with Crippen LogP contribution in [0.15, 0.2) is 0 Å². The van der Waals surface area contributed by atoms with E-state index in [-0.39, 0.29) is 11.8 Å². The Bertz CT molecular complexity index is 586. The number of hydrogen-bond acceptors (Lipinski definition) is 3. The first kappa shape index (κ1) is 16.1. The summed E-state index contributed by atoms with van der Waals surface area (Å²) in [5, 5.41) is 8.01. The van der Waals surface area contributed by atoms with Gasteiger partial charge in [-0.05, 0) is 31.6 Å². The highest BCUT2D eigenvalue weighted by Gasteiger charge is 2.27. The van der Waals surface area contributed by atoms with Gasteiger partial charge in [-0.3, -0.25) is 9.48 Å². The van der Waals surface area contributed by atoms with Crippen molar-refractivity contribution in [2.75, 3.05) is 13.2 Å². The van der Waals surface area contributed by atoms with E-state index >= 15 is 0 Å². The molecule has 132 valence electrons. The Morgan fingerprint density at radius 1 is 1.21 bits per heavy atom. The number of carbonyl (C=O) groups is 1. The van der Waals surface area contributed by atoms with Crippen molar-refractivity contribution in [3.8, 4) is 0 Å². The van der Waals surface area contributed by atoms with Gasteiger partial charge in [0.25, 0.3) is 0 Å². The van der Waals surface area contributed by atoms with Gasteiger partial charge in [-0.25, -0.2) is 0 Å². The molecule has 0 radical (unpaired) electrons. The molecule has 0 spiro atoms. The van der Waals surface area contributed by atoms with Crippen LogP contribution in [0.4, 0.5) is 0 Å². The molecule has 24 heavy (non-hydrogen) atoms. The van der Waals surface area contributed by atoms with E-state index in [4.69, 9.17) is 9.84 Å². The topological polar surface area (TPSA) is 56.2 Å². The van der Waals surface area contributed by atoms with Gasteiger partial charge >= 0.3 is 0 Å². The van der Waals surface area contributed by atoms with E-state index in [1.807, 2.05) is 0 Å². The second-order valence-electron chi connectivity index (χ2n) is 7.68. The highest BCUT2D eigenvalue weighted by Crippen LogP contribution is 2.32. The average Bonchev–Trinajstić information content (AvgIpc) is 3.38. The van der Waals surface area contributed by atoms with Crippen LogP contribution in [-0.4, -0.2) is 28.8 Å². The summed E-state index contributed by atoms with van der Waals surface area (Å²) >= 11 is 0. The predicted molar refractivity (Wildman–Crippen MR) is 91.6 cm³/mol. The van der Waals surface area contributed by atoms with E-state index in [1.54, 1.807) is 0 Å². The van der Waals surface area contributed by atoms with Crippen LogP contribution >= 0.6 is 0 Å². The van der Waals surface area contributed by atoms with Crippen LogP contribution in [0, 0.1) is 11.8 Å². The number of rotatable bonds is 6. The van der Waals surface area contributed by atoms with Crippen LogP contribution in [0.1, 0.15) is 61.9 Å². The summed E-state index contributed by atoms with van der Waals surface area (Å²) in [5.74, 6) is 1.32. The molecule has 0 unspecified atom stereocenters. The van der Waals surface area contributed by atoms with Crippen LogP contribution in [0.3, 0.4) is 0 Å².